The Morgan fingerprint density at radius 3 is 2.70 bits per heavy atom. The van der Waals surface area contributed by atoms with Gasteiger partial charge in [-0.3, -0.25) is 0 Å². The first kappa shape index (κ1) is 18.3. The molecule has 0 radical (unpaired) electrons. The van der Waals surface area contributed by atoms with Crippen molar-refractivity contribution < 1.29 is 19.0 Å². The van der Waals surface area contributed by atoms with Crippen LogP contribution in [0.4, 0.5) is 0 Å². The van der Waals surface area contributed by atoms with Crippen molar-refractivity contribution in [2.45, 2.75) is 6.61 Å². The summed E-state index contributed by atoms with van der Waals surface area (Å²) in [5, 5.41) is 4.22. The van der Waals surface area contributed by atoms with E-state index in [4.69, 9.17) is 14.2 Å². The predicted molar refractivity (Wildman–Crippen MR) is 101 cm³/mol. The van der Waals surface area contributed by atoms with Gasteiger partial charge in [0, 0.05) is 18.5 Å². The monoisotopic (exact) mass is 364 g/mol. The number of hydrogen-bond acceptors (Lipinski definition) is 5. The van der Waals surface area contributed by atoms with Gasteiger partial charge in [-0.05, 0) is 29.3 Å². The zero-order chi connectivity index (χ0) is 19.1. The number of carbonyl (C=O) groups excluding carboxylic acids is 1. The second-order valence-electron chi connectivity index (χ2n) is 5.65. The van der Waals surface area contributed by atoms with Gasteiger partial charge in [-0.25, -0.2) is 9.48 Å². The maximum absolute atomic E-state index is 12.1. The summed E-state index contributed by atoms with van der Waals surface area (Å²) in [6, 6.07) is 17.0. The Kier molecular flexibility index (Phi) is 5.89. The largest absolute Gasteiger partial charge is 0.503 e. The van der Waals surface area contributed by atoms with Gasteiger partial charge < -0.3 is 14.2 Å². The van der Waals surface area contributed by atoms with E-state index in [0.717, 1.165) is 11.3 Å². The molecule has 0 aliphatic rings. The van der Waals surface area contributed by atoms with Crippen molar-refractivity contribution in [2.75, 3.05) is 14.2 Å². The van der Waals surface area contributed by atoms with E-state index in [0.29, 0.717) is 16.9 Å². The van der Waals surface area contributed by atoms with Crippen LogP contribution in [0.5, 0.6) is 5.75 Å². The normalized spacial score (nSPS) is 11.1. The lowest BCUT2D eigenvalue weighted by molar-refractivity contribution is -0.133. The van der Waals surface area contributed by atoms with Crippen LogP contribution < -0.4 is 4.74 Å². The molecule has 1 heterocycles. The molecule has 0 unspecified atom stereocenters. The standard InChI is InChI=1S/C21H20N2O4/c1-25-15-20(21(24)26-2)19-10-4-3-7-16(19)14-27-18-9-5-8-17(13-18)23-12-6-11-22-23/h3-13,15H,14H2,1-2H3. The minimum atomic E-state index is -0.468. The van der Waals surface area contributed by atoms with E-state index in [1.165, 1.54) is 20.5 Å². The van der Waals surface area contributed by atoms with Crippen molar-refractivity contribution in [3.05, 3.63) is 84.4 Å². The van der Waals surface area contributed by atoms with E-state index < -0.39 is 5.97 Å². The number of esters is 1. The number of carbonyl (C=O) groups is 1. The molecule has 0 amide bonds. The van der Waals surface area contributed by atoms with E-state index in [1.54, 1.807) is 10.9 Å². The van der Waals surface area contributed by atoms with E-state index in [2.05, 4.69) is 5.10 Å². The molecular weight excluding hydrogens is 344 g/mol. The van der Waals surface area contributed by atoms with E-state index in [-0.39, 0.29) is 6.61 Å². The van der Waals surface area contributed by atoms with Crippen LogP contribution in [0.2, 0.25) is 0 Å². The third-order valence-electron chi connectivity index (χ3n) is 3.93. The summed E-state index contributed by atoms with van der Waals surface area (Å²) in [4.78, 5) is 12.1. The third kappa shape index (κ3) is 4.36. The maximum atomic E-state index is 12.1. The zero-order valence-corrected chi connectivity index (χ0v) is 15.2. The molecule has 6 heteroatoms. The molecule has 1 aromatic heterocycles. The molecule has 0 aliphatic carbocycles. The molecule has 27 heavy (non-hydrogen) atoms. The minimum absolute atomic E-state index is 0.288. The second kappa shape index (κ2) is 8.71. The predicted octanol–water partition coefficient (Wildman–Crippen LogP) is 3.61. The number of benzene rings is 2. The molecule has 0 aliphatic heterocycles. The molecule has 0 saturated carbocycles. The second-order valence-corrected chi connectivity index (χ2v) is 5.65. The Morgan fingerprint density at radius 1 is 1.11 bits per heavy atom. The fourth-order valence-electron chi connectivity index (χ4n) is 2.66. The quantitative estimate of drug-likeness (QED) is 0.364. The first-order valence-corrected chi connectivity index (χ1v) is 8.35. The molecule has 0 fully saturated rings. The summed E-state index contributed by atoms with van der Waals surface area (Å²) >= 11 is 0. The van der Waals surface area contributed by atoms with Crippen molar-refractivity contribution >= 4 is 11.5 Å². The molecule has 138 valence electrons. The van der Waals surface area contributed by atoms with Crippen LogP contribution in [-0.4, -0.2) is 30.0 Å². The number of methoxy groups -OCH3 is 2. The SMILES string of the molecule is COC=C(C(=O)OC)c1ccccc1COc1cccc(-n2cccn2)c1. The highest BCUT2D eigenvalue weighted by molar-refractivity contribution is 6.16. The first-order valence-electron chi connectivity index (χ1n) is 8.35. The lowest BCUT2D eigenvalue weighted by Crippen LogP contribution is -2.08. The Bertz CT molecular complexity index is 933. The minimum Gasteiger partial charge on any atom is -0.503 e. The van der Waals surface area contributed by atoms with Crippen molar-refractivity contribution in [3.8, 4) is 11.4 Å². The van der Waals surface area contributed by atoms with Gasteiger partial charge in [0.25, 0.3) is 0 Å². The molecule has 2 aromatic carbocycles. The molecule has 0 N–H and O–H groups in total. The third-order valence-corrected chi connectivity index (χ3v) is 3.93. The average molecular weight is 364 g/mol. The molecular formula is C21H20N2O4. The molecule has 0 bridgehead atoms. The summed E-state index contributed by atoms with van der Waals surface area (Å²) in [5.74, 6) is 0.234. The van der Waals surface area contributed by atoms with Gasteiger partial charge in [0.2, 0.25) is 0 Å². The number of aromatic nitrogens is 2. The van der Waals surface area contributed by atoms with Crippen molar-refractivity contribution in [1.29, 1.82) is 0 Å². The number of hydrogen-bond donors (Lipinski definition) is 0. The zero-order valence-electron chi connectivity index (χ0n) is 15.2. The van der Waals surface area contributed by atoms with Crippen LogP contribution in [0.1, 0.15) is 11.1 Å². The van der Waals surface area contributed by atoms with Crippen LogP contribution in [0.15, 0.2) is 73.3 Å². The molecule has 0 saturated heterocycles. The first-order chi connectivity index (χ1) is 13.2. The summed E-state index contributed by atoms with van der Waals surface area (Å²) in [5.41, 5.74) is 2.79. The Balaban J connectivity index is 1.82. The van der Waals surface area contributed by atoms with Gasteiger partial charge in [0.1, 0.15) is 17.9 Å². The summed E-state index contributed by atoms with van der Waals surface area (Å²) in [6.07, 6.45) is 4.97. The van der Waals surface area contributed by atoms with Crippen molar-refractivity contribution in [1.82, 2.24) is 9.78 Å². The highest BCUT2D eigenvalue weighted by Crippen LogP contribution is 2.23. The molecule has 3 aromatic rings. The van der Waals surface area contributed by atoms with Gasteiger partial charge in [-0.1, -0.05) is 30.3 Å². The van der Waals surface area contributed by atoms with E-state index in [9.17, 15) is 4.79 Å². The lowest BCUT2D eigenvalue weighted by atomic mass is 10.0. The molecule has 0 atom stereocenters. The Morgan fingerprint density at radius 2 is 1.96 bits per heavy atom. The molecule has 0 spiro atoms. The van der Waals surface area contributed by atoms with E-state index >= 15 is 0 Å². The van der Waals surface area contributed by atoms with Crippen molar-refractivity contribution in [2.24, 2.45) is 0 Å². The Labute approximate surface area is 157 Å². The number of nitrogens with zero attached hydrogens (tertiary/aromatic N) is 2. The smallest absolute Gasteiger partial charge is 0.341 e. The summed E-state index contributed by atoms with van der Waals surface area (Å²) in [6.45, 7) is 0.288. The Hall–Kier alpha value is -3.54. The summed E-state index contributed by atoms with van der Waals surface area (Å²) in [7, 11) is 2.83. The highest BCUT2D eigenvalue weighted by atomic mass is 16.5. The van der Waals surface area contributed by atoms with Crippen LogP contribution >= 0.6 is 0 Å². The van der Waals surface area contributed by atoms with Crippen LogP contribution in [0.25, 0.3) is 11.3 Å². The van der Waals surface area contributed by atoms with Crippen LogP contribution in [-0.2, 0) is 20.9 Å². The maximum Gasteiger partial charge on any atom is 0.341 e. The highest BCUT2D eigenvalue weighted by Gasteiger charge is 2.16. The van der Waals surface area contributed by atoms with Gasteiger partial charge in [0.15, 0.2) is 0 Å². The van der Waals surface area contributed by atoms with Gasteiger partial charge in [0.05, 0.1) is 26.2 Å². The number of rotatable bonds is 7. The van der Waals surface area contributed by atoms with Crippen molar-refractivity contribution in [3.63, 3.8) is 0 Å². The van der Waals surface area contributed by atoms with Crippen LogP contribution in [0, 0.1) is 0 Å². The van der Waals surface area contributed by atoms with E-state index in [1.807, 2.05) is 60.8 Å². The molecule has 6 nitrogen and oxygen atoms in total. The number of ether oxygens (including phenoxy) is 3. The van der Waals surface area contributed by atoms with Gasteiger partial charge in [-0.2, -0.15) is 5.10 Å². The summed E-state index contributed by atoms with van der Waals surface area (Å²) < 4.78 is 17.6. The topological polar surface area (TPSA) is 62.6 Å². The average Bonchev–Trinajstić information content (AvgIpc) is 3.25. The fourth-order valence-corrected chi connectivity index (χ4v) is 2.66. The van der Waals surface area contributed by atoms with Gasteiger partial charge in [-0.15, -0.1) is 0 Å². The fraction of sp³-hybridized carbons (Fsp3) is 0.143. The van der Waals surface area contributed by atoms with Gasteiger partial charge >= 0.3 is 5.97 Å². The lowest BCUT2D eigenvalue weighted by Gasteiger charge is -2.13. The molecule has 3 rings (SSSR count). The van der Waals surface area contributed by atoms with Crippen LogP contribution in [0.3, 0.4) is 0 Å².